The van der Waals surface area contributed by atoms with Crippen LogP contribution in [-0.4, -0.2) is 57.5 Å². The number of nitrogens with one attached hydrogen (secondary N) is 1. The molecule has 0 saturated heterocycles. The van der Waals surface area contributed by atoms with Gasteiger partial charge in [0.15, 0.2) is 0 Å². The van der Waals surface area contributed by atoms with Crippen LogP contribution in [0.1, 0.15) is 37.5 Å². The molecule has 1 atom stereocenters. The van der Waals surface area contributed by atoms with E-state index in [-0.39, 0.29) is 35.2 Å². The van der Waals surface area contributed by atoms with E-state index in [1.807, 2.05) is 82.3 Å². The second kappa shape index (κ2) is 15.2. The van der Waals surface area contributed by atoms with E-state index in [0.717, 1.165) is 21.0 Å². The summed E-state index contributed by atoms with van der Waals surface area (Å²) in [5, 5.41) is 3.04. The molecule has 1 N–H and O–H groups in total. The molecule has 248 valence electrons. The van der Waals surface area contributed by atoms with Crippen LogP contribution in [0.5, 0.6) is 11.5 Å². The first-order valence-electron chi connectivity index (χ1n) is 15.3. The molecule has 4 rings (SSSR count). The van der Waals surface area contributed by atoms with Crippen molar-refractivity contribution in [2.75, 3.05) is 25.1 Å². The van der Waals surface area contributed by atoms with Gasteiger partial charge in [0.25, 0.3) is 10.0 Å². The first-order valence-corrected chi connectivity index (χ1v) is 16.8. The van der Waals surface area contributed by atoms with Gasteiger partial charge in [-0.15, -0.1) is 0 Å². The Balaban J connectivity index is 1.84. The van der Waals surface area contributed by atoms with Crippen molar-refractivity contribution in [1.29, 1.82) is 0 Å². The number of amides is 2. The molecule has 0 spiro atoms. The zero-order chi connectivity index (χ0) is 34.2. The standard InChI is InChI=1S/C37H43N3O6S/c1-27-16-18-29(19-17-27)25-39(33(36(42)38-37(2,3)4)24-28-12-8-7-9-13-28)35(41)26-40(32-14-10-11-15-34(32)46-6)47(43,44)31-22-20-30(45-5)21-23-31/h7-23,33H,24-26H2,1-6H3,(H,38,42)/t33-/m0/s1. The van der Waals surface area contributed by atoms with Crippen molar-refractivity contribution < 1.29 is 27.5 Å². The summed E-state index contributed by atoms with van der Waals surface area (Å²) in [5.41, 5.74) is 2.31. The quantitative estimate of drug-likeness (QED) is 0.196. The van der Waals surface area contributed by atoms with E-state index in [4.69, 9.17) is 9.47 Å². The maximum atomic E-state index is 14.7. The third-order valence-electron chi connectivity index (χ3n) is 7.52. The molecule has 0 aliphatic rings. The lowest BCUT2D eigenvalue weighted by atomic mass is 10.0. The van der Waals surface area contributed by atoms with Gasteiger partial charge in [-0.2, -0.15) is 0 Å². The summed E-state index contributed by atoms with van der Waals surface area (Å²) in [6.07, 6.45) is 0.222. The molecule has 0 aliphatic heterocycles. The fourth-order valence-electron chi connectivity index (χ4n) is 5.12. The predicted molar refractivity (Wildman–Crippen MR) is 184 cm³/mol. The second-order valence-corrected chi connectivity index (χ2v) is 14.2. The van der Waals surface area contributed by atoms with Gasteiger partial charge in [0, 0.05) is 18.5 Å². The summed E-state index contributed by atoms with van der Waals surface area (Å²) in [6, 6.07) is 28.8. The minimum absolute atomic E-state index is 0.0339. The average molecular weight is 658 g/mol. The highest BCUT2D eigenvalue weighted by atomic mass is 32.2. The van der Waals surface area contributed by atoms with Gasteiger partial charge in [0.05, 0.1) is 24.8 Å². The Hall–Kier alpha value is -4.83. The van der Waals surface area contributed by atoms with Crippen LogP contribution in [0.25, 0.3) is 0 Å². The van der Waals surface area contributed by atoms with Crippen molar-refractivity contribution in [2.24, 2.45) is 0 Å². The molecule has 0 aromatic heterocycles. The number of anilines is 1. The normalized spacial score (nSPS) is 12.1. The van der Waals surface area contributed by atoms with Crippen molar-refractivity contribution in [3.05, 3.63) is 120 Å². The monoisotopic (exact) mass is 657 g/mol. The number of sulfonamides is 1. The van der Waals surface area contributed by atoms with Gasteiger partial charge in [0.1, 0.15) is 24.1 Å². The molecule has 10 heteroatoms. The fraction of sp³-hybridized carbons (Fsp3) is 0.297. The number of benzene rings is 4. The highest BCUT2D eigenvalue weighted by Gasteiger charge is 2.36. The summed E-state index contributed by atoms with van der Waals surface area (Å²) >= 11 is 0. The largest absolute Gasteiger partial charge is 0.497 e. The van der Waals surface area contributed by atoms with Crippen LogP contribution in [0.4, 0.5) is 5.69 Å². The highest BCUT2D eigenvalue weighted by molar-refractivity contribution is 7.92. The Kier molecular flexibility index (Phi) is 11.3. The highest BCUT2D eigenvalue weighted by Crippen LogP contribution is 2.33. The fourth-order valence-corrected chi connectivity index (χ4v) is 6.55. The Morgan fingerprint density at radius 1 is 0.787 bits per heavy atom. The first-order chi connectivity index (χ1) is 22.3. The van der Waals surface area contributed by atoms with E-state index in [0.29, 0.717) is 5.75 Å². The number of hydrogen-bond acceptors (Lipinski definition) is 6. The first kappa shape index (κ1) is 35.0. The Morgan fingerprint density at radius 2 is 1.40 bits per heavy atom. The number of aryl methyl sites for hydroxylation is 1. The van der Waals surface area contributed by atoms with E-state index < -0.39 is 34.1 Å². The molecule has 2 amide bonds. The van der Waals surface area contributed by atoms with Crippen molar-refractivity contribution in [3.8, 4) is 11.5 Å². The lowest BCUT2D eigenvalue weighted by Gasteiger charge is -2.35. The molecule has 0 unspecified atom stereocenters. The van der Waals surface area contributed by atoms with Crippen LogP contribution in [0.3, 0.4) is 0 Å². The van der Waals surface area contributed by atoms with Gasteiger partial charge in [-0.3, -0.25) is 13.9 Å². The average Bonchev–Trinajstić information content (AvgIpc) is 3.05. The molecule has 0 heterocycles. The lowest BCUT2D eigenvalue weighted by molar-refractivity contribution is -0.140. The number of nitrogens with zero attached hydrogens (tertiary/aromatic N) is 2. The molecule has 0 bridgehead atoms. The smallest absolute Gasteiger partial charge is 0.264 e. The number of carbonyl (C=O) groups excluding carboxylic acids is 2. The maximum absolute atomic E-state index is 14.7. The molecule has 0 radical (unpaired) electrons. The maximum Gasteiger partial charge on any atom is 0.264 e. The molecule has 0 saturated carbocycles. The Labute approximate surface area is 278 Å². The lowest BCUT2D eigenvalue weighted by Crippen LogP contribution is -2.56. The van der Waals surface area contributed by atoms with Crippen molar-refractivity contribution in [1.82, 2.24) is 10.2 Å². The van der Waals surface area contributed by atoms with Crippen LogP contribution in [0.2, 0.25) is 0 Å². The van der Waals surface area contributed by atoms with Gasteiger partial charge in [-0.25, -0.2) is 8.42 Å². The molecule has 0 fully saturated rings. The van der Waals surface area contributed by atoms with Gasteiger partial charge in [0.2, 0.25) is 11.8 Å². The summed E-state index contributed by atoms with van der Waals surface area (Å²) in [4.78, 5) is 30.1. The minimum Gasteiger partial charge on any atom is -0.497 e. The molecular weight excluding hydrogens is 614 g/mol. The van der Waals surface area contributed by atoms with E-state index >= 15 is 0 Å². The Morgan fingerprint density at radius 3 is 2.00 bits per heavy atom. The van der Waals surface area contributed by atoms with E-state index in [2.05, 4.69) is 5.32 Å². The minimum atomic E-state index is -4.30. The molecule has 4 aromatic rings. The Bertz CT molecular complexity index is 1750. The summed E-state index contributed by atoms with van der Waals surface area (Å²) in [5.74, 6) is -0.141. The summed E-state index contributed by atoms with van der Waals surface area (Å²) in [7, 11) is -1.37. The zero-order valence-electron chi connectivity index (χ0n) is 27.8. The van der Waals surface area contributed by atoms with Crippen LogP contribution in [-0.2, 0) is 32.6 Å². The van der Waals surface area contributed by atoms with Gasteiger partial charge >= 0.3 is 0 Å². The summed E-state index contributed by atoms with van der Waals surface area (Å²) in [6.45, 7) is 7.09. The number of para-hydroxylation sites is 2. The van der Waals surface area contributed by atoms with Gasteiger partial charge < -0.3 is 19.7 Å². The van der Waals surface area contributed by atoms with Crippen LogP contribution in [0, 0.1) is 6.92 Å². The SMILES string of the molecule is COc1ccc(S(=O)(=O)N(CC(=O)N(Cc2ccc(C)cc2)[C@@H](Cc2ccccc2)C(=O)NC(C)(C)C)c2ccccc2OC)cc1. The van der Waals surface area contributed by atoms with E-state index in [1.54, 1.807) is 36.4 Å². The summed E-state index contributed by atoms with van der Waals surface area (Å²) < 4.78 is 40.4. The molecule has 47 heavy (non-hydrogen) atoms. The zero-order valence-corrected chi connectivity index (χ0v) is 28.6. The second-order valence-electron chi connectivity index (χ2n) is 12.3. The van der Waals surface area contributed by atoms with Crippen molar-refractivity contribution in [3.63, 3.8) is 0 Å². The molecule has 4 aromatic carbocycles. The van der Waals surface area contributed by atoms with E-state index in [9.17, 15) is 18.0 Å². The number of methoxy groups -OCH3 is 2. The van der Waals surface area contributed by atoms with Crippen LogP contribution in [0.15, 0.2) is 108 Å². The number of hydrogen-bond donors (Lipinski definition) is 1. The third kappa shape index (κ3) is 9.13. The molecule has 0 aliphatic carbocycles. The molecule has 9 nitrogen and oxygen atoms in total. The van der Waals surface area contributed by atoms with Crippen molar-refractivity contribution >= 4 is 27.5 Å². The van der Waals surface area contributed by atoms with Crippen LogP contribution >= 0.6 is 0 Å². The number of ether oxygens (including phenoxy) is 2. The number of rotatable bonds is 13. The van der Waals surface area contributed by atoms with Gasteiger partial charge in [-0.1, -0.05) is 72.3 Å². The predicted octanol–water partition coefficient (Wildman–Crippen LogP) is 5.76. The third-order valence-corrected chi connectivity index (χ3v) is 9.30. The van der Waals surface area contributed by atoms with E-state index in [1.165, 1.54) is 31.3 Å². The van der Waals surface area contributed by atoms with Crippen LogP contribution < -0.4 is 19.1 Å². The van der Waals surface area contributed by atoms with Crippen molar-refractivity contribution in [2.45, 2.75) is 57.1 Å². The van der Waals surface area contributed by atoms with Gasteiger partial charge in [-0.05, 0) is 75.2 Å². The molecular formula is C37H43N3O6S. The number of carbonyl (C=O) groups is 2. The topological polar surface area (TPSA) is 105 Å².